The van der Waals surface area contributed by atoms with Gasteiger partial charge in [0.05, 0.1) is 11.5 Å². The van der Waals surface area contributed by atoms with Crippen LogP contribution in [0.2, 0.25) is 0 Å². The average molecular weight is 330 g/mol. The molecule has 0 spiro atoms. The number of thioether (sulfide) groups is 1. The molecule has 1 amide bonds. The zero-order valence-electron chi connectivity index (χ0n) is 13.6. The van der Waals surface area contributed by atoms with Crippen molar-refractivity contribution in [1.29, 1.82) is 0 Å². The Hall–Kier alpha value is -1.75. The minimum Gasteiger partial charge on any atom is -0.494 e. The maximum Gasteiger partial charge on any atom is 0.286 e. The molecule has 3 rings (SSSR count). The van der Waals surface area contributed by atoms with Gasteiger partial charge in [-0.3, -0.25) is 4.79 Å². The zero-order chi connectivity index (χ0) is 16.2. The number of carbonyl (C=O) groups excluding carboxylic acids is 1. The molecule has 23 heavy (non-hydrogen) atoms. The lowest BCUT2D eigenvalue weighted by atomic mass is 10.0. The Kier molecular flexibility index (Phi) is 5.06. The van der Waals surface area contributed by atoms with E-state index in [0.29, 0.717) is 17.4 Å². The van der Waals surface area contributed by atoms with Crippen molar-refractivity contribution in [2.24, 2.45) is 10.9 Å². The van der Waals surface area contributed by atoms with E-state index >= 15 is 0 Å². The summed E-state index contributed by atoms with van der Waals surface area (Å²) in [6, 6.07) is 7.78. The Morgan fingerprint density at radius 3 is 2.87 bits per heavy atom. The molecule has 0 N–H and O–H groups in total. The molecule has 2 aliphatic heterocycles. The van der Waals surface area contributed by atoms with Crippen LogP contribution in [0.1, 0.15) is 32.3 Å². The number of benzene rings is 1. The molecule has 1 saturated heterocycles. The molecular weight excluding hydrogens is 308 g/mol. The van der Waals surface area contributed by atoms with Gasteiger partial charge in [0.2, 0.25) is 0 Å². The van der Waals surface area contributed by atoms with Gasteiger partial charge >= 0.3 is 0 Å². The minimum atomic E-state index is -0.128. The topological polar surface area (TPSA) is 41.9 Å². The quantitative estimate of drug-likeness (QED) is 0.791. The molecule has 0 bridgehead atoms. The van der Waals surface area contributed by atoms with Gasteiger partial charge in [-0.1, -0.05) is 19.1 Å². The monoisotopic (exact) mass is 330 g/mol. The van der Waals surface area contributed by atoms with Gasteiger partial charge in [0.15, 0.2) is 5.17 Å². The van der Waals surface area contributed by atoms with Crippen LogP contribution in [0.25, 0.3) is 6.08 Å². The Morgan fingerprint density at radius 1 is 1.39 bits per heavy atom. The van der Waals surface area contributed by atoms with Crippen LogP contribution in [0.15, 0.2) is 34.2 Å². The normalized spacial score (nSPS) is 23.3. The number of nitrogens with zero attached hydrogens (tertiary/aromatic N) is 2. The van der Waals surface area contributed by atoms with E-state index in [1.54, 1.807) is 0 Å². The van der Waals surface area contributed by atoms with Gasteiger partial charge in [-0.25, -0.2) is 0 Å². The van der Waals surface area contributed by atoms with E-state index in [0.717, 1.165) is 29.6 Å². The molecule has 0 aliphatic carbocycles. The molecule has 2 heterocycles. The SMILES string of the molecule is CCOc1ccc(/C=C2/SC(N3CCC[C@H](C)C3)=NC2=O)cc1. The van der Waals surface area contributed by atoms with Crippen LogP contribution >= 0.6 is 11.8 Å². The summed E-state index contributed by atoms with van der Waals surface area (Å²) in [6.45, 7) is 6.87. The second-order valence-corrected chi connectivity index (χ2v) is 7.01. The van der Waals surface area contributed by atoms with Gasteiger partial charge in [0, 0.05) is 13.1 Å². The third kappa shape index (κ3) is 3.96. The molecule has 1 aromatic carbocycles. The minimum absolute atomic E-state index is 0.128. The van der Waals surface area contributed by atoms with Crippen molar-refractivity contribution in [2.45, 2.75) is 26.7 Å². The summed E-state index contributed by atoms with van der Waals surface area (Å²) in [6.07, 6.45) is 4.34. The molecule has 0 unspecified atom stereocenters. The number of hydrogen-bond acceptors (Lipinski definition) is 4. The summed E-state index contributed by atoms with van der Waals surface area (Å²) >= 11 is 1.49. The maximum atomic E-state index is 12.2. The number of hydrogen-bond donors (Lipinski definition) is 0. The smallest absolute Gasteiger partial charge is 0.286 e. The van der Waals surface area contributed by atoms with Gasteiger partial charge in [0.25, 0.3) is 5.91 Å². The Bertz CT molecular complexity index is 637. The highest BCUT2D eigenvalue weighted by Gasteiger charge is 2.28. The number of rotatable bonds is 3. The number of ether oxygens (including phenoxy) is 1. The van der Waals surface area contributed by atoms with Crippen LogP contribution in [0.5, 0.6) is 5.75 Å². The molecule has 0 aromatic heterocycles. The molecule has 1 aromatic rings. The highest BCUT2D eigenvalue weighted by atomic mass is 32.2. The summed E-state index contributed by atoms with van der Waals surface area (Å²) < 4.78 is 5.44. The van der Waals surface area contributed by atoms with Crippen molar-refractivity contribution in [3.05, 3.63) is 34.7 Å². The predicted octanol–water partition coefficient (Wildman–Crippen LogP) is 3.79. The first kappa shape index (κ1) is 16.1. The fourth-order valence-corrected chi connectivity index (χ4v) is 3.82. The van der Waals surface area contributed by atoms with E-state index in [-0.39, 0.29) is 5.91 Å². The zero-order valence-corrected chi connectivity index (χ0v) is 14.4. The van der Waals surface area contributed by atoms with Gasteiger partial charge in [0.1, 0.15) is 5.75 Å². The van der Waals surface area contributed by atoms with E-state index in [2.05, 4.69) is 16.8 Å². The summed E-state index contributed by atoms with van der Waals surface area (Å²) in [5, 5.41) is 0.860. The molecule has 0 radical (unpaired) electrons. The number of amides is 1. The maximum absolute atomic E-state index is 12.2. The first-order valence-corrected chi connectivity index (χ1v) is 8.97. The summed E-state index contributed by atoms with van der Waals surface area (Å²) in [4.78, 5) is 19.3. The van der Waals surface area contributed by atoms with Crippen molar-refractivity contribution in [3.8, 4) is 5.75 Å². The number of aliphatic imine (C=N–C) groups is 1. The molecule has 2 aliphatic rings. The van der Waals surface area contributed by atoms with Crippen LogP contribution in [-0.2, 0) is 4.79 Å². The Morgan fingerprint density at radius 2 is 2.17 bits per heavy atom. The predicted molar refractivity (Wildman–Crippen MR) is 95.6 cm³/mol. The summed E-state index contributed by atoms with van der Waals surface area (Å²) in [5.41, 5.74) is 0.993. The number of carbonyl (C=O) groups is 1. The average Bonchev–Trinajstić information content (AvgIpc) is 2.91. The van der Waals surface area contributed by atoms with Gasteiger partial charge in [-0.2, -0.15) is 4.99 Å². The highest BCUT2D eigenvalue weighted by molar-refractivity contribution is 8.18. The highest BCUT2D eigenvalue weighted by Crippen LogP contribution is 2.32. The van der Waals surface area contributed by atoms with Crippen molar-refractivity contribution >= 4 is 28.9 Å². The third-order valence-electron chi connectivity index (χ3n) is 4.03. The van der Waals surface area contributed by atoms with Crippen molar-refractivity contribution in [2.75, 3.05) is 19.7 Å². The third-order valence-corrected chi connectivity index (χ3v) is 5.07. The molecule has 1 atom stereocenters. The Labute approximate surface area is 141 Å². The number of piperidine rings is 1. The second-order valence-electron chi connectivity index (χ2n) is 6.01. The van der Waals surface area contributed by atoms with E-state index in [1.165, 1.54) is 24.6 Å². The van der Waals surface area contributed by atoms with Crippen LogP contribution < -0.4 is 4.74 Å². The fraction of sp³-hybridized carbons (Fsp3) is 0.444. The lowest BCUT2D eigenvalue weighted by Crippen LogP contribution is -2.37. The van der Waals surface area contributed by atoms with E-state index in [1.807, 2.05) is 37.3 Å². The van der Waals surface area contributed by atoms with Crippen molar-refractivity contribution in [1.82, 2.24) is 4.90 Å². The lowest BCUT2D eigenvalue weighted by molar-refractivity contribution is -0.113. The van der Waals surface area contributed by atoms with Crippen molar-refractivity contribution < 1.29 is 9.53 Å². The molecular formula is C18H22N2O2S. The number of amidine groups is 1. The van der Waals surface area contributed by atoms with E-state index in [4.69, 9.17) is 4.74 Å². The summed E-state index contributed by atoms with van der Waals surface area (Å²) in [7, 11) is 0. The van der Waals surface area contributed by atoms with Crippen LogP contribution in [0.4, 0.5) is 0 Å². The first-order valence-electron chi connectivity index (χ1n) is 8.16. The van der Waals surface area contributed by atoms with Crippen LogP contribution in [-0.4, -0.2) is 35.7 Å². The van der Waals surface area contributed by atoms with Crippen molar-refractivity contribution in [3.63, 3.8) is 0 Å². The largest absolute Gasteiger partial charge is 0.494 e. The fourth-order valence-electron chi connectivity index (χ4n) is 2.87. The van der Waals surface area contributed by atoms with E-state index in [9.17, 15) is 4.79 Å². The molecule has 5 heteroatoms. The number of likely N-dealkylation sites (tertiary alicyclic amines) is 1. The van der Waals surface area contributed by atoms with Gasteiger partial charge < -0.3 is 9.64 Å². The van der Waals surface area contributed by atoms with Crippen LogP contribution in [0.3, 0.4) is 0 Å². The summed E-state index contributed by atoms with van der Waals surface area (Å²) in [5.74, 6) is 1.39. The molecule has 1 fully saturated rings. The second kappa shape index (κ2) is 7.21. The molecule has 4 nitrogen and oxygen atoms in total. The molecule has 122 valence electrons. The first-order chi connectivity index (χ1) is 11.2. The van der Waals surface area contributed by atoms with Gasteiger partial charge in [-0.15, -0.1) is 0 Å². The Balaban J connectivity index is 1.69. The van der Waals surface area contributed by atoms with Gasteiger partial charge in [-0.05, 0) is 61.2 Å². The standard InChI is InChI=1S/C18H22N2O2S/c1-3-22-15-8-6-14(7-9-15)11-16-17(21)19-18(23-16)20-10-4-5-13(2)12-20/h6-9,11,13H,3-5,10,12H2,1-2H3/b16-11+/t13-/m0/s1. The van der Waals surface area contributed by atoms with Crippen LogP contribution in [0, 0.1) is 5.92 Å². The van der Waals surface area contributed by atoms with E-state index < -0.39 is 0 Å². The lowest BCUT2D eigenvalue weighted by Gasteiger charge is -2.31. The molecule has 0 saturated carbocycles.